The fraction of sp³-hybridized carbons (Fsp3) is 0.385. The first kappa shape index (κ1) is 16.8. The number of carbonyl (C=O) groups excluding carboxylic acids is 2. The Kier molecular flexibility index (Phi) is 7.10. The lowest BCUT2D eigenvalue weighted by molar-refractivity contribution is -0.127. The quantitative estimate of drug-likeness (QED) is 0.674. The molecule has 0 spiro atoms. The van der Waals surface area contributed by atoms with Crippen molar-refractivity contribution in [2.75, 3.05) is 33.4 Å². The first-order chi connectivity index (χ1) is 10.0. The zero-order valence-corrected chi connectivity index (χ0v) is 11.4. The Balaban J connectivity index is 2.26. The number of amides is 2. The summed E-state index contributed by atoms with van der Waals surface area (Å²) in [4.78, 5) is 22.7. The first-order valence-corrected chi connectivity index (χ1v) is 6.13. The summed E-state index contributed by atoms with van der Waals surface area (Å²) in [6.45, 7) is 0.000840. The van der Waals surface area contributed by atoms with E-state index in [0.717, 1.165) is 12.1 Å². The molecular formula is C13H16F2N2O4. The van der Waals surface area contributed by atoms with Gasteiger partial charge in [-0.2, -0.15) is 0 Å². The largest absolute Gasteiger partial charge is 0.481 e. The molecule has 1 rings (SSSR count). The van der Waals surface area contributed by atoms with Gasteiger partial charge in [-0.3, -0.25) is 9.59 Å². The molecule has 1 aromatic carbocycles. The molecule has 0 unspecified atom stereocenters. The van der Waals surface area contributed by atoms with Crippen molar-refractivity contribution in [3.63, 3.8) is 0 Å². The topological polar surface area (TPSA) is 76.7 Å². The third-order valence-electron chi connectivity index (χ3n) is 2.33. The fourth-order valence-corrected chi connectivity index (χ4v) is 1.32. The van der Waals surface area contributed by atoms with E-state index in [2.05, 4.69) is 10.6 Å². The van der Waals surface area contributed by atoms with Gasteiger partial charge in [0, 0.05) is 19.7 Å². The van der Waals surface area contributed by atoms with E-state index in [1.165, 1.54) is 7.11 Å². The molecule has 116 valence electrons. The molecule has 0 bridgehead atoms. The average Bonchev–Trinajstić information content (AvgIpc) is 2.44. The molecule has 21 heavy (non-hydrogen) atoms. The number of methoxy groups -OCH3 is 1. The molecule has 0 heterocycles. The van der Waals surface area contributed by atoms with Crippen molar-refractivity contribution in [2.24, 2.45) is 0 Å². The zero-order valence-electron chi connectivity index (χ0n) is 11.4. The van der Waals surface area contributed by atoms with Crippen LogP contribution in [0.25, 0.3) is 0 Å². The fourth-order valence-electron chi connectivity index (χ4n) is 1.32. The van der Waals surface area contributed by atoms with Gasteiger partial charge in [-0.15, -0.1) is 0 Å². The number of benzene rings is 1. The van der Waals surface area contributed by atoms with Crippen LogP contribution in [0.1, 0.15) is 0 Å². The number of nitrogens with one attached hydrogen (secondary N) is 2. The summed E-state index contributed by atoms with van der Waals surface area (Å²) in [5.41, 5.74) is 0. The van der Waals surface area contributed by atoms with Crippen LogP contribution >= 0.6 is 0 Å². The summed E-state index contributed by atoms with van der Waals surface area (Å²) in [6.07, 6.45) is 0. The van der Waals surface area contributed by atoms with E-state index in [4.69, 9.17) is 9.47 Å². The van der Waals surface area contributed by atoms with Crippen LogP contribution in [-0.2, 0) is 14.3 Å². The first-order valence-electron chi connectivity index (χ1n) is 6.13. The number of rotatable bonds is 8. The van der Waals surface area contributed by atoms with Gasteiger partial charge in [-0.05, 0) is 12.1 Å². The van der Waals surface area contributed by atoms with Crippen LogP contribution in [0.15, 0.2) is 18.2 Å². The third-order valence-corrected chi connectivity index (χ3v) is 2.33. The number of carbonyl (C=O) groups is 2. The van der Waals surface area contributed by atoms with E-state index in [1.807, 2.05) is 0 Å². The van der Waals surface area contributed by atoms with Crippen molar-refractivity contribution in [2.45, 2.75) is 0 Å². The van der Waals surface area contributed by atoms with Crippen molar-refractivity contribution in [3.8, 4) is 5.75 Å². The maximum atomic E-state index is 13.2. The van der Waals surface area contributed by atoms with E-state index >= 15 is 0 Å². The van der Waals surface area contributed by atoms with Crippen molar-refractivity contribution in [1.29, 1.82) is 0 Å². The Morgan fingerprint density at radius 3 is 2.62 bits per heavy atom. The molecule has 0 aliphatic rings. The summed E-state index contributed by atoms with van der Waals surface area (Å²) in [5, 5.41) is 4.80. The molecule has 0 fully saturated rings. The smallest absolute Gasteiger partial charge is 0.258 e. The molecule has 0 saturated heterocycles. The molecule has 0 saturated carbocycles. The summed E-state index contributed by atoms with van der Waals surface area (Å²) in [5.74, 6) is -2.86. The lowest BCUT2D eigenvalue weighted by atomic mass is 10.3. The summed E-state index contributed by atoms with van der Waals surface area (Å²) >= 11 is 0. The highest BCUT2D eigenvalue weighted by molar-refractivity contribution is 5.85. The van der Waals surface area contributed by atoms with Crippen LogP contribution < -0.4 is 15.4 Å². The van der Waals surface area contributed by atoms with Gasteiger partial charge in [-0.1, -0.05) is 0 Å². The molecule has 2 N–H and O–H groups in total. The Morgan fingerprint density at radius 1 is 1.19 bits per heavy atom. The molecule has 0 aliphatic carbocycles. The van der Waals surface area contributed by atoms with Gasteiger partial charge in [-0.25, -0.2) is 8.78 Å². The van der Waals surface area contributed by atoms with Crippen molar-refractivity contribution in [1.82, 2.24) is 10.6 Å². The minimum Gasteiger partial charge on any atom is -0.481 e. The number of ether oxygens (including phenoxy) is 2. The zero-order chi connectivity index (χ0) is 15.7. The Bertz CT molecular complexity index is 497. The summed E-state index contributed by atoms with van der Waals surface area (Å²) in [7, 11) is 1.50. The molecule has 2 amide bonds. The van der Waals surface area contributed by atoms with Gasteiger partial charge >= 0.3 is 0 Å². The number of hydrogen-bond acceptors (Lipinski definition) is 4. The number of halogens is 2. The molecule has 0 aliphatic heterocycles. The van der Waals surface area contributed by atoms with Crippen LogP contribution in [0.2, 0.25) is 0 Å². The summed E-state index contributed by atoms with van der Waals surface area (Å²) in [6, 6.07) is 2.74. The van der Waals surface area contributed by atoms with Crippen molar-refractivity contribution >= 4 is 11.8 Å². The number of hydrogen-bond donors (Lipinski definition) is 2. The monoisotopic (exact) mass is 302 g/mol. The van der Waals surface area contributed by atoms with Gasteiger partial charge in [0.25, 0.3) is 5.91 Å². The second-order valence-corrected chi connectivity index (χ2v) is 3.98. The van der Waals surface area contributed by atoms with E-state index in [9.17, 15) is 18.4 Å². The highest BCUT2D eigenvalue weighted by Crippen LogP contribution is 2.17. The highest BCUT2D eigenvalue weighted by atomic mass is 19.1. The average molecular weight is 302 g/mol. The highest BCUT2D eigenvalue weighted by Gasteiger charge is 2.09. The molecule has 1 aromatic rings. The minimum atomic E-state index is -0.903. The molecule has 6 nitrogen and oxygen atoms in total. The lowest BCUT2D eigenvalue weighted by Gasteiger charge is -2.08. The Hall–Kier alpha value is -2.22. The predicted molar refractivity (Wildman–Crippen MR) is 69.7 cm³/mol. The molecule has 8 heteroatoms. The normalized spacial score (nSPS) is 10.0. The van der Waals surface area contributed by atoms with E-state index in [1.54, 1.807) is 0 Å². The van der Waals surface area contributed by atoms with Gasteiger partial charge in [0.05, 0.1) is 13.2 Å². The van der Waals surface area contributed by atoms with E-state index in [-0.39, 0.29) is 18.2 Å². The Morgan fingerprint density at radius 2 is 1.95 bits per heavy atom. The predicted octanol–water partition coefficient (Wildman–Crippen LogP) is 0.222. The van der Waals surface area contributed by atoms with Crippen LogP contribution in [0, 0.1) is 11.6 Å². The maximum Gasteiger partial charge on any atom is 0.258 e. The van der Waals surface area contributed by atoms with Crippen LogP contribution in [0.3, 0.4) is 0 Å². The van der Waals surface area contributed by atoms with Gasteiger partial charge in [0.2, 0.25) is 5.91 Å². The molecule has 0 radical (unpaired) electrons. The SMILES string of the molecule is COCCNC(=O)CNC(=O)COc1ccc(F)cc1F. The van der Waals surface area contributed by atoms with Gasteiger partial charge < -0.3 is 20.1 Å². The summed E-state index contributed by atoms with van der Waals surface area (Å²) < 4.78 is 35.5. The van der Waals surface area contributed by atoms with Gasteiger partial charge in [0.15, 0.2) is 18.2 Å². The molecular weight excluding hydrogens is 286 g/mol. The van der Waals surface area contributed by atoms with Crippen molar-refractivity contribution < 1.29 is 27.8 Å². The van der Waals surface area contributed by atoms with Crippen molar-refractivity contribution in [3.05, 3.63) is 29.8 Å². The molecule has 0 atom stereocenters. The maximum absolute atomic E-state index is 13.2. The molecule has 0 aromatic heterocycles. The Labute approximate surface area is 120 Å². The third kappa shape index (κ3) is 6.66. The van der Waals surface area contributed by atoms with Crippen LogP contribution in [0.5, 0.6) is 5.75 Å². The van der Waals surface area contributed by atoms with E-state index in [0.29, 0.717) is 19.2 Å². The standard InChI is InChI=1S/C13H16F2N2O4/c1-20-5-4-16-12(18)7-17-13(19)8-21-11-3-2-9(14)6-10(11)15/h2-3,6H,4-5,7-8H2,1H3,(H,16,18)(H,17,19). The second kappa shape index (κ2) is 8.85. The van der Waals surface area contributed by atoms with E-state index < -0.39 is 24.1 Å². The van der Waals surface area contributed by atoms with Gasteiger partial charge in [0.1, 0.15) is 5.82 Å². The van der Waals surface area contributed by atoms with Crippen LogP contribution in [0.4, 0.5) is 8.78 Å². The lowest BCUT2D eigenvalue weighted by Crippen LogP contribution is -2.39. The minimum absolute atomic E-state index is 0.224. The van der Waals surface area contributed by atoms with Crippen LogP contribution in [-0.4, -0.2) is 45.2 Å². The second-order valence-electron chi connectivity index (χ2n) is 3.98.